The Labute approximate surface area is 168 Å². The Kier molecular flexibility index (Phi) is 5.69. The van der Waals surface area contributed by atoms with Gasteiger partial charge in [-0.2, -0.15) is 8.42 Å². The van der Waals surface area contributed by atoms with Gasteiger partial charge in [-0.1, -0.05) is 59.9 Å². The third-order valence-electron chi connectivity index (χ3n) is 3.90. The van der Waals surface area contributed by atoms with Crippen LogP contribution in [0.25, 0.3) is 6.08 Å². The van der Waals surface area contributed by atoms with Crippen molar-refractivity contribution in [1.29, 1.82) is 0 Å². The number of nitrogens with zero attached hydrogens (tertiary/aromatic N) is 1. The highest BCUT2D eigenvalue weighted by Crippen LogP contribution is 2.34. The van der Waals surface area contributed by atoms with E-state index in [9.17, 15) is 13.2 Å². The molecule has 1 saturated heterocycles. The molecule has 8 heteroatoms. The number of hydrogen-bond donors (Lipinski definition) is 0. The van der Waals surface area contributed by atoms with Gasteiger partial charge in [-0.3, -0.25) is 9.69 Å². The van der Waals surface area contributed by atoms with E-state index in [4.69, 9.17) is 16.4 Å². The fourth-order valence-corrected chi connectivity index (χ4v) is 4.79. The summed E-state index contributed by atoms with van der Waals surface area (Å²) in [5, 5.41) is 0. The molecule has 3 rings (SSSR count). The average molecular weight is 420 g/mol. The largest absolute Gasteiger partial charge is 0.378 e. The molecular formula is C19H17NO4S3. The topological polar surface area (TPSA) is 63.7 Å². The molecule has 27 heavy (non-hydrogen) atoms. The summed E-state index contributed by atoms with van der Waals surface area (Å²) in [5.41, 5.74) is 1.44. The van der Waals surface area contributed by atoms with Crippen molar-refractivity contribution in [2.24, 2.45) is 0 Å². The lowest BCUT2D eigenvalue weighted by Gasteiger charge is -2.11. The lowest BCUT2D eigenvalue weighted by atomic mass is 10.2. The zero-order valence-corrected chi connectivity index (χ0v) is 17.2. The first-order valence-corrected chi connectivity index (χ1v) is 10.8. The Morgan fingerprint density at radius 2 is 1.81 bits per heavy atom. The van der Waals surface area contributed by atoms with E-state index in [-0.39, 0.29) is 16.6 Å². The van der Waals surface area contributed by atoms with E-state index in [0.717, 1.165) is 5.56 Å². The van der Waals surface area contributed by atoms with Crippen LogP contribution in [0.1, 0.15) is 18.1 Å². The van der Waals surface area contributed by atoms with Crippen LogP contribution in [-0.2, 0) is 14.9 Å². The van der Waals surface area contributed by atoms with Crippen LogP contribution in [0.3, 0.4) is 0 Å². The van der Waals surface area contributed by atoms with Crippen molar-refractivity contribution in [3.8, 4) is 5.75 Å². The van der Waals surface area contributed by atoms with Gasteiger partial charge in [0, 0.05) is 12.1 Å². The summed E-state index contributed by atoms with van der Waals surface area (Å²) in [7, 11) is -3.98. The number of rotatable bonds is 5. The van der Waals surface area contributed by atoms with Crippen molar-refractivity contribution in [2.75, 3.05) is 6.54 Å². The molecule has 1 aliphatic rings. The van der Waals surface area contributed by atoms with Crippen LogP contribution in [0.2, 0.25) is 0 Å². The molecule has 0 atom stereocenters. The Morgan fingerprint density at radius 3 is 2.44 bits per heavy atom. The highest BCUT2D eigenvalue weighted by atomic mass is 32.2. The summed E-state index contributed by atoms with van der Waals surface area (Å²) in [4.78, 5) is 14.4. The average Bonchev–Trinajstić information content (AvgIpc) is 2.89. The summed E-state index contributed by atoms with van der Waals surface area (Å²) < 4.78 is 31.0. The highest BCUT2D eigenvalue weighted by molar-refractivity contribution is 8.26. The van der Waals surface area contributed by atoms with Crippen LogP contribution in [0.15, 0.2) is 58.3 Å². The predicted molar refractivity (Wildman–Crippen MR) is 111 cm³/mol. The van der Waals surface area contributed by atoms with Gasteiger partial charge < -0.3 is 4.18 Å². The molecule has 1 heterocycles. The molecule has 0 radical (unpaired) electrons. The molecule has 1 aliphatic heterocycles. The Bertz CT molecular complexity index is 1030. The first kappa shape index (κ1) is 19.6. The molecule has 1 amide bonds. The fourth-order valence-electron chi connectivity index (χ4n) is 2.46. The van der Waals surface area contributed by atoms with Crippen molar-refractivity contribution in [3.63, 3.8) is 0 Å². The molecule has 5 nitrogen and oxygen atoms in total. The van der Waals surface area contributed by atoms with Gasteiger partial charge in [0.1, 0.15) is 15.0 Å². The minimum absolute atomic E-state index is 0.0696. The smallest absolute Gasteiger partial charge is 0.339 e. The third kappa shape index (κ3) is 4.23. The SMILES string of the molecule is CCN1C(=O)/C(=C/c2ccccc2OS(=O)(=O)c2ccc(C)cc2)SC1=S. The number of benzene rings is 2. The van der Waals surface area contributed by atoms with Gasteiger partial charge in [0.2, 0.25) is 0 Å². The number of carbonyl (C=O) groups excluding carboxylic acids is 1. The molecule has 2 aromatic rings. The van der Waals surface area contributed by atoms with Gasteiger partial charge in [0.05, 0.1) is 4.91 Å². The number of para-hydroxylation sites is 1. The van der Waals surface area contributed by atoms with Crippen molar-refractivity contribution >= 4 is 50.4 Å². The number of carbonyl (C=O) groups is 1. The third-order valence-corrected chi connectivity index (χ3v) is 6.53. The lowest BCUT2D eigenvalue weighted by Crippen LogP contribution is -2.27. The number of thiocarbonyl (C=S) groups is 1. The molecule has 2 aromatic carbocycles. The first-order chi connectivity index (χ1) is 12.8. The maximum atomic E-state index is 12.6. The second-order valence-electron chi connectivity index (χ2n) is 5.81. The molecule has 0 saturated carbocycles. The first-order valence-electron chi connectivity index (χ1n) is 8.17. The molecule has 140 valence electrons. The van der Waals surface area contributed by atoms with Gasteiger partial charge >= 0.3 is 10.1 Å². The number of hydrogen-bond acceptors (Lipinski definition) is 6. The van der Waals surface area contributed by atoms with Crippen molar-refractivity contribution in [1.82, 2.24) is 4.90 Å². The molecule has 0 N–H and O–H groups in total. The van der Waals surface area contributed by atoms with E-state index in [1.807, 2.05) is 13.8 Å². The molecule has 0 unspecified atom stereocenters. The Morgan fingerprint density at radius 1 is 1.15 bits per heavy atom. The maximum absolute atomic E-state index is 12.6. The Hall–Kier alpha value is -2.16. The maximum Gasteiger partial charge on any atom is 0.339 e. The molecular weight excluding hydrogens is 402 g/mol. The molecule has 0 aliphatic carbocycles. The zero-order valence-electron chi connectivity index (χ0n) is 14.7. The summed E-state index contributed by atoms with van der Waals surface area (Å²) in [6, 6.07) is 13.1. The van der Waals surface area contributed by atoms with Gasteiger partial charge in [-0.05, 0) is 38.1 Å². The van der Waals surface area contributed by atoms with Crippen LogP contribution in [-0.4, -0.2) is 30.1 Å². The van der Waals surface area contributed by atoms with Crippen LogP contribution in [0.4, 0.5) is 0 Å². The Balaban J connectivity index is 1.93. The summed E-state index contributed by atoms with van der Waals surface area (Å²) >= 11 is 6.39. The van der Waals surface area contributed by atoms with Crippen LogP contribution in [0.5, 0.6) is 5.75 Å². The van der Waals surface area contributed by atoms with Gasteiger partial charge in [-0.15, -0.1) is 0 Å². The lowest BCUT2D eigenvalue weighted by molar-refractivity contribution is -0.121. The molecule has 0 aromatic heterocycles. The monoisotopic (exact) mass is 419 g/mol. The normalized spacial score (nSPS) is 16.2. The van der Waals surface area contributed by atoms with Gasteiger partial charge in [0.15, 0.2) is 0 Å². The fraction of sp³-hybridized carbons (Fsp3) is 0.158. The van der Waals surface area contributed by atoms with Gasteiger partial charge in [0.25, 0.3) is 5.91 Å². The van der Waals surface area contributed by atoms with Crippen molar-refractivity contribution < 1.29 is 17.4 Å². The summed E-state index contributed by atoms with van der Waals surface area (Å²) in [6.07, 6.45) is 1.61. The van der Waals surface area contributed by atoms with E-state index < -0.39 is 10.1 Å². The highest BCUT2D eigenvalue weighted by Gasteiger charge is 2.31. The quantitative estimate of drug-likeness (QED) is 0.415. The molecule has 0 spiro atoms. The van der Waals surface area contributed by atoms with Crippen LogP contribution < -0.4 is 4.18 Å². The summed E-state index contributed by atoms with van der Waals surface area (Å²) in [6.45, 7) is 4.21. The number of thioether (sulfide) groups is 1. The van der Waals surface area contributed by atoms with E-state index in [1.54, 1.807) is 42.5 Å². The van der Waals surface area contributed by atoms with Crippen molar-refractivity contribution in [3.05, 3.63) is 64.6 Å². The van der Waals surface area contributed by atoms with Crippen LogP contribution in [0, 0.1) is 6.92 Å². The second kappa shape index (κ2) is 7.84. The minimum Gasteiger partial charge on any atom is -0.378 e. The van der Waals surface area contributed by atoms with Gasteiger partial charge in [-0.25, -0.2) is 0 Å². The number of amides is 1. The number of likely N-dealkylation sites (N-methyl/N-ethyl adjacent to an activating group) is 1. The molecule has 1 fully saturated rings. The van der Waals surface area contributed by atoms with Crippen molar-refractivity contribution in [2.45, 2.75) is 18.7 Å². The summed E-state index contributed by atoms with van der Waals surface area (Å²) in [5.74, 6) is -0.0384. The van der Waals surface area contributed by atoms with E-state index in [2.05, 4.69) is 0 Å². The molecule has 0 bridgehead atoms. The van der Waals surface area contributed by atoms with Crippen LogP contribution >= 0.6 is 24.0 Å². The predicted octanol–water partition coefficient (Wildman–Crippen LogP) is 3.98. The van der Waals surface area contributed by atoms with E-state index in [1.165, 1.54) is 28.8 Å². The van der Waals surface area contributed by atoms with E-state index in [0.29, 0.717) is 21.3 Å². The standard InChI is InChI=1S/C19H17NO4S3/c1-3-20-18(21)17(26-19(20)25)12-14-6-4-5-7-16(14)24-27(22,23)15-10-8-13(2)9-11-15/h4-12H,3H2,1-2H3/b17-12-. The second-order valence-corrected chi connectivity index (χ2v) is 9.04. The zero-order chi connectivity index (χ0) is 19.6. The minimum atomic E-state index is -3.98. The number of aryl methyl sites for hydroxylation is 1. The van der Waals surface area contributed by atoms with E-state index >= 15 is 0 Å².